The third-order valence-corrected chi connectivity index (χ3v) is 2.70. The molecule has 1 aromatic carbocycles. The summed E-state index contributed by atoms with van der Waals surface area (Å²) in [7, 11) is 0. The molecule has 0 aliphatic rings. The van der Waals surface area contributed by atoms with Crippen LogP contribution >= 0.6 is 0 Å². The first-order valence-electron chi connectivity index (χ1n) is 6.02. The summed E-state index contributed by atoms with van der Waals surface area (Å²) in [5, 5.41) is 2.69. The van der Waals surface area contributed by atoms with Gasteiger partial charge in [0.1, 0.15) is 0 Å². The van der Waals surface area contributed by atoms with Gasteiger partial charge in [-0.2, -0.15) is 13.2 Å². The zero-order valence-corrected chi connectivity index (χ0v) is 10.5. The van der Waals surface area contributed by atoms with E-state index < -0.39 is 24.2 Å². The molecule has 0 bridgehead atoms. The van der Waals surface area contributed by atoms with Crippen molar-refractivity contribution >= 4 is 0 Å². The third kappa shape index (κ3) is 5.14. The Hall–Kier alpha value is -1.17. The highest BCUT2D eigenvalue weighted by Gasteiger charge is 2.30. The minimum Gasteiger partial charge on any atom is -0.309 e. The largest absolute Gasteiger partial charge is 0.416 e. The summed E-state index contributed by atoms with van der Waals surface area (Å²) in [4.78, 5) is 0. The van der Waals surface area contributed by atoms with Gasteiger partial charge in [0.2, 0.25) is 0 Å². The molecule has 0 spiro atoms. The van der Waals surface area contributed by atoms with Crippen molar-refractivity contribution in [1.82, 2.24) is 5.32 Å². The number of hydrogen-bond acceptors (Lipinski definition) is 1. The quantitative estimate of drug-likeness (QED) is 0.780. The van der Waals surface area contributed by atoms with Crippen molar-refractivity contribution in [3.63, 3.8) is 0 Å². The van der Waals surface area contributed by atoms with Crippen molar-refractivity contribution in [3.05, 3.63) is 35.4 Å². The molecule has 0 fully saturated rings. The third-order valence-electron chi connectivity index (χ3n) is 2.70. The van der Waals surface area contributed by atoms with Gasteiger partial charge in [0.15, 0.2) is 0 Å². The molecule has 0 aliphatic carbocycles. The van der Waals surface area contributed by atoms with Crippen molar-refractivity contribution in [2.45, 2.75) is 38.4 Å². The number of halogens is 5. The lowest BCUT2D eigenvalue weighted by Gasteiger charge is -2.18. The van der Waals surface area contributed by atoms with E-state index in [-0.39, 0.29) is 6.42 Å². The molecule has 0 saturated heterocycles. The van der Waals surface area contributed by atoms with E-state index in [2.05, 4.69) is 5.32 Å². The van der Waals surface area contributed by atoms with Gasteiger partial charge in [-0.1, -0.05) is 19.1 Å². The van der Waals surface area contributed by atoms with E-state index in [4.69, 9.17) is 0 Å². The topological polar surface area (TPSA) is 12.0 Å². The fourth-order valence-electron chi connectivity index (χ4n) is 1.66. The van der Waals surface area contributed by atoms with Gasteiger partial charge in [-0.05, 0) is 37.1 Å². The first-order valence-corrected chi connectivity index (χ1v) is 6.02. The Kier molecular flexibility index (Phi) is 5.72. The number of rotatable bonds is 6. The minimum absolute atomic E-state index is 0.00973. The van der Waals surface area contributed by atoms with E-state index in [0.29, 0.717) is 12.1 Å². The van der Waals surface area contributed by atoms with Crippen LogP contribution in [0, 0.1) is 0 Å². The average Bonchev–Trinajstić information content (AvgIpc) is 2.33. The molecule has 1 aromatic rings. The van der Waals surface area contributed by atoms with Crippen LogP contribution in [0.5, 0.6) is 0 Å². The highest BCUT2D eigenvalue weighted by Crippen LogP contribution is 2.29. The molecule has 1 atom stereocenters. The second-order valence-corrected chi connectivity index (χ2v) is 4.29. The fourth-order valence-corrected chi connectivity index (χ4v) is 1.66. The maximum atomic E-state index is 12.7. The number of nitrogens with one attached hydrogen (secondary N) is 1. The minimum atomic E-state index is -4.40. The lowest BCUT2D eigenvalue weighted by Crippen LogP contribution is -2.37. The summed E-state index contributed by atoms with van der Waals surface area (Å²) in [5.74, 6) is 0. The van der Waals surface area contributed by atoms with E-state index in [1.54, 1.807) is 0 Å². The maximum Gasteiger partial charge on any atom is 0.416 e. The molecular formula is C13H16F5N. The van der Waals surface area contributed by atoms with Crippen molar-refractivity contribution in [3.8, 4) is 0 Å². The monoisotopic (exact) mass is 281 g/mol. The van der Waals surface area contributed by atoms with Crippen LogP contribution in [0.15, 0.2) is 24.3 Å². The van der Waals surface area contributed by atoms with Gasteiger partial charge < -0.3 is 5.32 Å². The van der Waals surface area contributed by atoms with E-state index in [9.17, 15) is 22.0 Å². The van der Waals surface area contributed by atoms with Gasteiger partial charge in [0, 0.05) is 0 Å². The molecule has 0 aliphatic heterocycles. The van der Waals surface area contributed by atoms with E-state index in [1.807, 2.05) is 6.92 Å². The van der Waals surface area contributed by atoms with Crippen molar-refractivity contribution in [2.75, 3.05) is 6.54 Å². The maximum absolute atomic E-state index is 12.7. The predicted molar refractivity (Wildman–Crippen MR) is 63.2 cm³/mol. The van der Waals surface area contributed by atoms with Gasteiger partial charge in [-0.25, -0.2) is 8.78 Å². The van der Waals surface area contributed by atoms with Crippen LogP contribution in [0.2, 0.25) is 0 Å². The molecule has 6 heteroatoms. The van der Waals surface area contributed by atoms with Crippen molar-refractivity contribution in [2.24, 2.45) is 0 Å². The molecule has 1 N–H and O–H groups in total. The molecule has 0 radical (unpaired) electrons. The summed E-state index contributed by atoms with van der Waals surface area (Å²) in [6, 6.07) is 3.28. The highest BCUT2D eigenvalue weighted by atomic mass is 19.4. The summed E-state index contributed by atoms with van der Waals surface area (Å²) in [6.45, 7) is 2.31. The van der Waals surface area contributed by atoms with Crippen molar-refractivity contribution in [1.29, 1.82) is 0 Å². The molecule has 0 heterocycles. The van der Waals surface area contributed by atoms with Crippen LogP contribution in [0.25, 0.3) is 0 Å². The van der Waals surface area contributed by atoms with Gasteiger partial charge >= 0.3 is 6.18 Å². The van der Waals surface area contributed by atoms with Gasteiger partial charge in [-0.3, -0.25) is 0 Å². The zero-order valence-electron chi connectivity index (χ0n) is 10.5. The summed E-state index contributed by atoms with van der Waals surface area (Å²) < 4.78 is 62.5. The summed E-state index contributed by atoms with van der Waals surface area (Å²) >= 11 is 0. The Labute approximate surface area is 108 Å². The van der Waals surface area contributed by atoms with Gasteiger partial charge in [0.05, 0.1) is 11.6 Å². The van der Waals surface area contributed by atoms with E-state index >= 15 is 0 Å². The molecule has 0 amide bonds. The van der Waals surface area contributed by atoms with Crippen LogP contribution in [-0.2, 0) is 12.6 Å². The molecule has 0 saturated carbocycles. The SMILES string of the molecule is CCCNC(Cc1ccc(C(F)(F)F)cc1)C(F)F. The zero-order chi connectivity index (χ0) is 14.5. The summed E-state index contributed by atoms with van der Waals surface area (Å²) in [6.07, 6.45) is -6.22. The number of benzene rings is 1. The van der Waals surface area contributed by atoms with E-state index in [1.165, 1.54) is 12.1 Å². The average molecular weight is 281 g/mol. The van der Waals surface area contributed by atoms with Crippen LogP contribution in [0.4, 0.5) is 22.0 Å². The molecular weight excluding hydrogens is 265 g/mol. The molecule has 19 heavy (non-hydrogen) atoms. The lowest BCUT2D eigenvalue weighted by atomic mass is 10.0. The Bertz CT molecular complexity index is 372. The number of alkyl halides is 5. The summed E-state index contributed by atoms with van der Waals surface area (Å²) in [5.41, 5.74) is -0.312. The highest BCUT2D eigenvalue weighted by molar-refractivity contribution is 5.25. The Morgan fingerprint density at radius 3 is 2.11 bits per heavy atom. The van der Waals surface area contributed by atoms with Gasteiger partial charge in [-0.15, -0.1) is 0 Å². The predicted octanol–water partition coefficient (Wildman–Crippen LogP) is 3.88. The van der Waals surface area contributed by atoms with Crippen LogP contribution in [0.3, 0.4) is 0 Å². The fraction of sp³-hybridized carbons (Fsp3) is 0.538. The molecule has 108 valence electrons. The smallest absolute Gasteiger partial charge is 0.309 e. The van der Waals surface area contributed by atoms with E-state index in [0.717, 1.165) is 18.6 Å². The normalized spacial score (nSPS) is 13.8. The van der Waals surface area contributed by atoms with Crippen LogP contribution < -0.4 is 5.32 Å². The molecule has 1 nitrogen and oxygen atoms in total. The van der Waals surface area contributed by atoms with Crippen LogP contribution in [-0.4, -0.2) is 19.0 Å². The first kappa shape index (κ1) is 15.9. The number of hydrogen-bond donors (Lipinski definition) is 1. The molecule has 1 unspecified atom stereocenters. The second-order valence-electron chi connectivity index (χ2n) is 4.29. The standard InChI is InChI=1S/C13H16F5N/c1-2-7-19-11(12(14)15)8-9-3-5-10(6-4-9)13(16,17)18/h3-6,11-12,19H,2,7-8H2,1H3. The first-order chi connectivity index (χ1) is 8.84. The Balaban J connectivity index is 2.69. The molecule has 1 rings (SSSR count). The molecule has 0 aromatic heterocycles. The van der Waals surface area contributed by atoms with Crippen molar-refractivity contribution < 1.29 is 22.0 Å². The second kappa shape index (κ2) is 6.84. The van der Waals surface area contributed by atoms with Gasteiger partial charge in [0.25, 0.3) is 6.43 Å². The van der Waals surface area contributed by atoms with Crippen LogP contribution in [0.1, 0.15) is 24.5 Å². The Morgan fingerprint density at radius 1 is 1.11 bits per heavy atom. The lowest BCUT2D eigenvalue weighted by molar-refractivity contribution is -0.137. The Morgan fingerprint density at radius 2 is 1.68 bits per heavy atom.